The van der Waals surface area contributed by atoms with E-state index in [4.69, 9.17) is 4.74 Å². The predicted octanol–water partition coefficient (Wildman–Crippen LogP) is 3.03. The zero-order chi connectivity index (χ0) is 12.1. The van der Waals surface area contributed by atoms with Gasteiger partial charge >= 0.3 is 0 Å². The summed E-state index contributed by atoms with van der Waals surface area (Å²) in [5.41, 5.74) is 2.70. The lowest BCUT2D eigenvalue weighted by molar-refractivity contribution is 0.349. The molecular weight excluding hydrogens is 230 g/mol. The minimum atomic E-state index is 0.415. The van der Waals surface area contributed by atoms with Gasteiger partial charge in [-0.15, -0.1) is 0 Å². The molecule has 1 atom stereocenters. The minimum Gasteiger partial charge on any atom is -0.493 e. The second kappa shape index (κ2) is 6.31. The quantitative estimate of drug-likeness (QED) is 0.839. The number of benzene rings is 1. The first-order chi connectivity index (χ1) is 8.36. The first kappa shape index (κ1) is 12.8. The van der Waals surface area contributed by atoms with Crippen LogP contribution in [0.4, 0.5) is 0 Å². The van der Waals surface area contributed by atoms with Crippen LogP contribution in [-0.2, 0) is 6.42 Å². The van der Waals surface area contributed by atoms with Crippen LogP contribution in [0.3, 0.4) is 0 Å². The fraction of sp³-hybridized carbons (Fsp3) is 0.571. The first-order valence-electron chi connectivity index (χ1n) is 6.33. The Hall–Kier alpha value is -0.670. The summed E-state index contributed by atoms with van der Waals surface area (Å²) in [6.07, 6.45) is 4.38. The van der Waals surface area contributed by atoms with Crippen molar-refractivity contribution < 1.29 is 4.74 Å². The van der Waals surface area contributed by atoms with Gasteiger partial charge in [-0.1, -0.05) is 25.1 Å². The number of fused-ring (bicyclic) bond motifs is 1. The molecule has 0 saturated carbocycles. The topological polar surface area (TPSA) is 21.3 Å². The van der Waals surface area contributed by atoms with E-state index in [2.05, 4.69) is 36.7 Å². The van der Waals surface area contributed by atoms with Gasteiger partial charge in [0.25, 0.3) is 0 Å². The lowest BCUT2D eigenvalue weighted by Gasteiger charge is -2.20. The number of rotatable bonds is 6. The van der Waals surface area contributed by atoms with Crippen LogP contribution >= 0.6 is 11.8 Å². The summed E-state index contributed by atoms with van der Waals surface area (Å²) < 4.78 is 5.79. The largest absolute Gasteiger partial charge is 0.493 e. The van der Waals surface area contributed by atoms with Gasteiger partial charge in [-0.3, -0.25) is 0 Å². The second-order valence-corrected chi connectivity index (χ2v) is 5.31. The van der Waals surface area contributed by atoms with Crippen LogP contribution in [0.5, 0.6) is 5.75 Å². The second-order valence-electron chi connectivity index (χ2n) is 4.40. The Morgan fingerprint density at radius 1 is 1.47 bits per heavy atom. The molecule has 17 heavy (non-hydrogen) atoms. The van der Waals surface area contributed by atoms with E-state index in [9.17, 15) is 0 Å². The third kappa shape index (κ3) is 2.96. The van der Waals surface area contributed by atoms with Crippen molar-refractivity contribution in [2.45, 2.75) is 25.8 Å². The molecule has 0 radical (unpaired) electrons. The molecular formula is C14H21NOS. The van der Waals surface area contributed by atoms with Gasteiger partial charge in [0, 0.05) is 23.8 Å². The molecule has 0 aromatic heterocycles. The summed E-state index contributed by atoms with van der Waals surface area (Å²) in [4.78, 5) is 0. The highest BCUT2D eigenvalue weighted by Crippen LogP contribution is 2.34. The Bertz CT molecular complexity index is 367. The van der Waals surface area contributed by atoms with Crippen molar-refractivity contribution >= 4 is 11.8 Å². The Morgan fingerprint density at radius 3 is 3.12 bits per heavy atom. The van der Waals surface area contributed by atoms with Gasteiger partial charge in [0.15, 0.2) is 0 Å². The van der Waals surface area contributed by atoms with E-state index in [1.165, 1.54) is 17.5 Å². The van der Waals surface area contributed by atoms with Crippen LogP contribution in [0.15, 0.2) is 18.2 Å². The number of para-hydroxylation sites is 1. The normalized spacial score (nSPS) is 15.4. The zero-order valence-corrected chi connectivity index (χ0v) is 11.5. The summed E-state index contributed by atoms with van der Waals surface area (Å²) >= 11 is 1.88. The molecule has 3 heteroatoms. The number of hydrogen-bond acceptors (Lipinski definition) is 3. The van der Waals surface area contributed by atoms with Gasteiger partial charge < -0.3 is 10.1 Å². The van der Waals surface area contributed by atoms with Gasteiger partial charge in [0.2, 0.25) is 0 Å². The van der Waals surface area contributed by atoms with Crippen molar-refractivity contribution in [3.63, 3.8) is 0 Å². The predicted molar refractivity (Wildman–Crippen MR) is 75.1 cm³/mol. The van der Waals surface area contributed by atoms with E-state index in [0.717, 1.165) is 31.1 Å². The molecule has 0 fully saturated rings. The van der Waals surface area contributed by atoms with Crippen molar-refractivity contribution in [3.05, 3.63) is 29.3 Å². The number of hydrogen-bond donors (Lipinski definition) is 1. The lowest BCUT2D eigenvalue weighted by Crippen LogP contribution is -2.24. The van der Waals surface area contributed by atoms with Crippen LogP contribution < -0.4 is 10.1 Å². The van der Waals surface area contributed by atoms with Crippen LogP contribution in [0.25, 0.3) is 0 Å². The van der Waals surface area contributed by atoms with Crippen LogP contribution in [0, 0.1) is 0 Å². The molecule has 0 saturated heterocycles. The summed E-state index contributed by atoms with van der Waals surface area (Å²) in [7, 11) is 0. The Kier molecular flexibility index (Phi) is 4.75. The summed E-state index contributed by atoms with van der Waals surface area (Å²) in [5.74, 6) is 2.23. The molecule has 1 aliphatic heterocycles. The standard InChI is InChI=1S/C14H21NOS/c1-3-8-15-13(10-17-2)12-6-4-5-11-7-9-16-14(11)12/h4-6,13,15H,3,7-10H2,1-2H3. The average Bonchev–Trinajstić information content (AvgIpc) is 2.82. The van der Waals surface area contributed by atoms with Crippen molar-refractivity contribution in [1.29, 1.82) is 0 Å². The molecule has 0 amide bonds. The monoisotopic (exact) mass is 251 g/mol. The fourth-order valence-electron chi connectivity index (χ4n) is 2.26. The van der Waals surface area contributed by atoms with Crippen LogP contribution in [0.2, 0.25) is 0 Å². The number of ether oxygens (including phenoxy) is 1. The molecule has 0 aliphatic carbocycles. The molecule has 1 aliphatic rings. The highest BCUT2D eigenvalue weighted by molar-refractivity contribution is 7.98. The minimum absolute atomic E-state index is 0.415. The smallest absolute Gasteiger partial charge is 0.127 e. The van der Waals surface area contributed by atoms with E-state index < -0.39 is 0 Å². The average molecular weight is 251 g/mol. The van der Waals surface area contributed by atoms with Gasteiger partial charge in [0.05, 0.1) is 6.61 Å². The molecule has 94 valence electrons. The van der Waals surface area contributed by atoms with E-state index in [1.807, 2.05) is 11.8 Å². The maximum atomic E-state index is 5.79. The SMILES string of the molecule is CCCNC(CSC)c1cccc2c1OCC2. The van der Waals surface area contributed by atoms with Crippen molar-refractivity contribution in [2.75, 3.05) is 25.2 Å². The van der Waals surface area contributed by atoms with E-state index >= 15 is 0 Å². The van der Waals surface area contributed by atoms with Crippen LogP contribution in [-0.4, -0.2) is 25.2 Å². The third-order valence-corrected chi connectivity index (χ3v) is 3.76. The zero-order valence-electron chi connectivity index (χ0n) is 10.7. The molecule has 1 N–H and O–H groups in total. The van der Waals surface area contributed by atoms with Gasteiger partial charge in [0.1, 0.15) is 5.75 Å². The Morgan fingerprint density at radius 2 is 2.35 bits per heavy atom. The van der Waals surface area contributed by atoms with Crippen LogP contribution in [0.1, 0.15) is 30.5 Å². The highest BCUT2D eigenvalue weighted by Gasteiger charge is 2.21. The summed E-state index contributed by atoms with van der Waals surface area (Å²) in [6.45, 7) is 4.11. The van der Waals surface area contributed by atoms with Crippen molar-refractivity contribution in [2.24, 2.45) is 0 Å². The number of thioether (sulfide) groups is 1. The molecule has 1 aromatic rings. The van der Waals surface area contributed by atoms with Gasteiger partial charge in [-0.25, -0.2) is 0 Å². The van der Waals surface area contributed by atoms with E-state index in [0.29, 0.717) is 6.04 Å². The molecule has 2 rings (SSSR count). The molecule has 1 aromatic carbocycles. The lowest BCUT2D eigenvalue weighted by atomic mass is 10.0. The highest BCUT2D eigenvalue weighted by atomic mass is 32.2. The molecule has 2 nitrogen and oxygen atoms in total. The van der Waals surface area contributed by atoms with Gasteiger partial charge in [-0.05, 0) is 24.8 Å². The van der Waals surface area contributed by atoms with Crippen molar-refractivity contribution in [1.82, 2.24) is 5.32 Å². The first-order valence-corrected chi connectivity index (χ1v) is 7.73. The van der Waals surface area contributed by atoms with Crippen molar-refractivity contribution in [3.8, 4) is 5.75 Å². The van der Waals surface area contributed by atoms with E-state index in [1.54, 1.807) is 0 Å². The molecule has 1 unspecified atom stereocenters. The fourth-order valence-corrected chi connectivity index (χ4v) is 2.89. The summed E-state index contributed by atoms with van der Waals surface area (Å²) in [5, 5.41) is 3.62. The maximum absolute atomic E-state index is 5.79. The van der Waals surface area contributed by atoms with Gasteiger partial charge in [-0.2, -0.15) is 11.8 Å². The van der Waals surface area contributed by atoms with E-state index in [-0.39, 0.29) is 0 Å². The Balaban J connectivity index is 2.20. The summed E-state index contributed by atoms with van der Waals surface area (Å²) in [6, 6.07) is 6.96. The number of nitrogens with one attached hydrogen (secondary N) is 1. The Labute approximate surface area is 108 Å². The molecule has 0 bridgehead atoms. The molecule has 1 heterocycles. The third-order valence-electron chi connectivity index (χ3n) is 3.09. The maximum Gasteiger partial charge on any atom is 0.127 e. The molecule has 0 spiro atoms.